The molecule has 0 saturated heterocycles. The Bertz CT molecular complexity index is 906. The summed E-state index contributed by atoms with van der Waals surface area (Å²) in [6.45, 7) is 5.83. The van der Waals surface area contributed by atoms with Crippen LogP contribution in [-0.4, -0.2) is 44.3 Å². The second kappa shape index (κ2) is 8.95. The van der Waals surface area contributed by atoms with Gasteiger partial charge < -0.3 is 9.72 Å². The molecule has 5 nitrogen and oxygen atoms in total. The highest BCUT2D eigenvalue weighted by atomic mass is 35.5. The maximum Gasteiger partial charge on any atom is 0.178 e. The van der Waals surface area contributed by atoms with Gasteiger partial charge in [0.1, 0.15) is 5.75 Å². The zero-order valence-electron chi connectivity index (χ0n) is 15.9. The molecule has 1 aromatic heterocycles. The lowest BCUT2D eigenvalue weighted by molar-refractivity contribution is 0.227. The lowest BCUT2D eigenvalue weighted by Gasteiger charge is -2.29. The minimum Gasteiger partial charge on any atom is -0.496 e. The Morgan fingerprint density at radius 2 is 2.00 bits per heavy atom. The summed E-state index contributed by atoms with van der Waals surface area (Å²) in [6, 6.07) is 9.35. The van der Waals surface area contributed by atoms with Crippen molar-refractivity contribution in [1.82, 2.24) is 9.88 Å². The van der Waals surface area contributed by atoms with Crippen LogP contribution in [0, 0.1) is 0 Å². The number of rotatable bonds is 6. The number of aromatic nitrogens is 1. The van der Waals surface area contributed by atoms with Gasteiger partial charge in [0.25, 0.3) is 0 Å². The summed E-state index contributed by atoms with van der Waals surface area (Å²) in [7, 11) is -1.67. The monoisotopic (exact) mass is 410 g/mol. The van der Waals surface area contributed by atoms with Crippen molar-refractivity contribution in [2.45, 2.75) is 31.2 Å². The van der Waals surface area contributed by atoms with Crippen LogP contribution in [0.3, 0.4) is 0 Å². The third kappa shape index (κ3) is 4.57. The third-order valence-corrected chi connectivity index (χ3v) is 6.73. The summed E-state index contributed by atoms with van der Waals surface area (Å²) in [5, 5.41) is 0. The van der Waals surface area contributed by atoms with Gasteiger partial charge in [-0.1, -0.05) is 19.1 Å². The molecule has 0 amide bonds. The lowest BCUT2D eigenvalue weighted by atomic mass is 10.1. The first kappa shape index (κ1) is 21.5. The van der Waals surface area contributed by atoms with E-state index in [0.29, 0.717) is 10.6 Å². The first-order valence-corrected chi connectivity index (χ1v) is 10.6. The van der Waals surface area contributed by atoms with Crippen molar-refractivity contribution < 1.29 is 13.2 Å². The molecule has 2 aromatic rings. The van der Waals surface area contributed by atoms with E-state index >= 15 is 0 Å². The van der Waals surface area contributed by atoms with E-state index < -0.39 is 9.84 Å². The molecule has 1 aliphatic heterocycles. The van der Waals surface area contributed by atoms with E-state index in [1.54, 1.807) is 32.2 Å². The van der Waals surface area contributed by atoms with Gasteiger partial charge >= 0.3 is 0 Å². The van der Waals surface area contributed by atoms with Gasteiger partial charge in [0.15, 0.2) is 9.84 Å². The van der Waals surface area contributed by atoms with Crippen molar-refractivity contribution in [2.75, 3.05) is 26.0 Å². The van der Waals surface area contributed by atoms with Crippen molar-refractivity contribution in [2.24, 2.45) is 0 Å². The van der Waals surface area contributed by atoms with Gasteiger partial charge in [0.05, 0.1) is 17.8 Å². The minimum atomic E-state index is -3.27. The minimum absolute atomic E-state index is 0. The van der Waals surface area contributed by atoms with Gasteiger partial charge in [0.2, 0.25) is 0 Å². The van der Waals surface area contributed by atoms with E-state index in [1.165, 1.54) is 0 Å². The standard InChI is InChI=1S/C20H26N2O3S.ClH/c1-4-26(23,24)16-8-11-20(25-3)17(14-16)19-10-9-18(21-19)15(2)22-12-6-5-7-13-22;/h5-6,8-11,14-15,21H,4,7,12-13H2,1-3H3;1H. The Balaban J connectivity index is 0.00000261. The number of methoxy groups -OCH3 is 1. The fourth-order valence-electron chi connectivity index (χ4n) is 3.28. The summed E-state index contributed by atoms with van der Waals surface area (Å²) < 4.78 is 29.9. The summed E-state index contributed by atoms with van der Waals surface area (Å²) in [5.41, 5.74) is 2.74. The highest BCUT2D eigenvalue weighted by Crippen LogP contribution is 2.33. The van der Waals surface area contributed by atoms with E-state index in [0.717, 1.165) is 36.5 Å². The molecule has 1 atom stereocenters. The molecule has 0 radical (unpaired) electrons. The van der Waals surface area contributed by atoms with Crippen LogP contribution in [0.1, 0.15) is 32.0 Å². The molecule has 7 heteroatoms. The molecule has 0 fully saturated rings. The van der Waals surface area contributed by atoms with Crippen molar-refractivity contribution in [3.05, 3.63) is 48.2 Å². The smallest absolute Gasteiger partial charge is 0.178 e. The number of hydrogen-bond acceptors (Lipinski definition) is 4. The third-order valence-electron chi connectivity index (χ3n) is 5.00. The van der Waals surface area contributed by atoms with E-state index in [9.17, 15) is 8.42 Å². The Hall–Kier alpha value is -1.76. The van der Waals surface area contributed by atoms with Crippen molar-refractivity contribution in [3.63, 3.8) is 0 Å². The summed E-state index contributed by atoms with van der Waals surface area (Å²) in [6.07, 6.45) is 5.49. The molecule has 2 heterocycles. The van der Waals surface area contributed by atoms with Gasteiger partial charge in [-0.3, -0.25) is 4.90 Å². The topological polar surface area (TPSA) is 62.4 Å². The fraction of sp³-hybridized carbons (Fsp3) is 0.400. The number of sulfone groups is 1. The van der Waals surface area contributed by atoms with Crippen molar-refractivity contribution in [3.8, 4) is 17.0 Å². The van der Waals surface area contributed by atoms with Gasteiger partial charge in [0, 0.05) is 36.1 Å². The van der Waals surface area contributed by atoms with Gasteiger partial charge in [-0.25, -0.2) is 8.42 Å². The zero-order valence-corrected chi connectivity index (χ0v) is 17.6. The second-order valence-electron chi connectivity index (χ2n) is 6.52. The summed E-state index contributed by atoms with van der Waals surface area (Å²) in [5.74, 6) is 0.732. The molecule has 3 rings (SSSR count). The first-order chi connectivity index (χ1) is 12.5. The molecule has 0 spiro atoms. The molecular formula is C20H27ClN2O3S. The molecule has 1 N–H and O–H groups in total. The number of nitrogens with zero attached hydrogens (tertiary/aromatic N) is 1. The predicted molar refractivity (Wildman–Crippen MR) is 112 cm³/mol. The van der Waals surface area contributed by atoms with Crippen LogP contribution in [0.2, 0.25) is 0 Å². The van der Waals surface area contributed by atoms with Crippen molar-refractivity contribution >= 4 is 22.2 Å². The number of hydrogen-bond donors (Lipinski definition) is 1. The molecular weight excluding hydrogens is 384 g/mol. The zero-order chi connectivity index (χ0) is 18.7. The Morgan fingerprint density at radius 3 is 2.63 bits per heavy atom. The SMILES string of the molecule is CCS(=O)(=O)c1ccc(OC)c(-c2ccc(C(C)N3CC=CCC3)[nH]2)c1.Cl. The van der Waals surface area contributed by atoms with E-state index in [-0.39, 0.29) is 24.2 Å². The number of benzene rings is 1. The number of halogens is 1. The number of ether oxygens (including phenoxy) is 1. The summed E-state index contributed by atoms with van der Waals surface area (Å²) >= 11 is 0. The van der Waals surface area contributed by atoms with Crippen LogP contribution >= 0.6 is 12.4 Å². The Labute approximate surface area is 167 Å². The quantitative estimate of drug-likeness (QED) is 0.724. The van der Waals surface area contributed by atoms with Crippen LogP contribution in [0.25, 0.3) is 11.3 Å². The number of nitrogens with one attached hydrogen (secondary N) is 1. The van der Waals surface area contributed by atoms with Gasteiger partial charge in [-0.05, 0) is 43.7 Å². The van der Waals surface area contributed by atoms with Crippen LogP contribution in [0.4, 0.5) is 0 Å². The van der Waals surface area contributed by atoms with Crippen LogP contribution in [0.15, 0.2) is 47.4 Å². The Kier molecular flexibility index (Phi) is 7.14. The molecule has 0 saturated carbocycles. The van der Waals surface area contributed by atoms with Crippen molar-refractivity contribution in [1.29, 1.82) is 0 Å². The molecule has 27 heavy (non-hydrogen) atoms. The maximum atomic E-state index is 12.2. The van der Waals surface area contributed by atoms with E-state index in [2.05, 4.69) is 35.0 Å². The fourth-order valence-corrected chi connectivity index (χ4v) is 4.18. The van der Waals surface area contributed by atoms with E-state index in [4.69, 9.17) is 4.74 Å². The van der Waals surface area contributed by atoms with Gasteiger partial charge in [-0.15, -0.1) is 12.4 Å². The number of H-pyrrole nitrogens is 1. The summed E-state index contributed by atoms with van der Waals surface area (Å²) in [4.78, 5) is 6.19. The molecule has 1 aliphatic rings. The van der Waals surface area contributed by atoms with Crippen LogP contribution in [-0.2, 0) is 9.84 Å². The number of aromatic amines is 1. The maximum absolute atomic E-state index is 12.2. The largest absolute Gasteiger partial charge is 0.496 e. The van der Waals surface area contributed by atoms with Crippen LogP contribution in [0.5, 0.6) is 5.75 Å². The Morgan fingerprint density at radius 1 is 1.22 bits per heavy atom. The highest BCUT2D eigenvalue weighted by Gasteiger charge is 2.20. The molecule has 1 unspecified atom stereocenters. The first-order valence-electron chi connectivity index (χ1n) is 8.95. The second-order valence-corrected chi connectivity index (χ2v) is 8.80. The normalized spacial score (nSPS) is 16.0. The van der Waals surface area contributed by atoms with Gasteiger partial charge in [-0.2, -0.15) is 0 Å². The lowest BCUT2D eigenvalue weighted by Crippen LogP contribution is -2.30. The van der Waals surface area contributed by atoms with E-state index in [1.807, 2.05) is 6.07 Å². The molecule has 0 bridgehead atoms. The average Bonchev–Trinajstić information content (AvgIpc) is 3.17. The molecule has 0 aliphatic carbocycles. The highest BCUT2D eigenvalue weighted by molar-refractivity contribution is 7.91. The molecule has 148 valence electrons. The average molecular weight is 411 g/mol. The molecule has 1 aromatic carbocycles. The van der Waals surface area contributed by atoms with Crippen LogP contribution < -0.4 is 4.74 Å². The predicted octanol–water partition coefficient (Wildman–Crippen LogP) is 4.23.